The van der Waals surface area contributed by atoms with Crippen LogP contribution in [0.3, 0.4) is 0 Å². The molecule has 2 aromatic rings. The fraction of sp³-hybridized carbons (Fsp3) is 0.556. The number of ether oxygens (including phenoxy) is 1. The van der Waals surface area contributed by atoms with Crippen LogP contribution in [-0.4, -0.2) is 23.7 Å². The summed E-state index contributed by atoms with van der Waals surface area (Å²) in [5, 5.41) is 0.700. The predicted molar refractivity (Wildman–Crippen MR) is 98.5 cm³/mol. The molecule has 130 valence electrons. The molecule has 24 heavy (non-hydrogen) atoms. The number of aromatic nitrogens is 1. The van der Waals surface area contributed by atoms with Gasteiger partial charge in [-0.15, -0.1) is 0 Å². The lowest BCUT2D eigenvalue weighted by Gasteiger charge is -2.17. The Bertz CT molecular complexity index is 775. The summed E-state index contributed by atoms with van der Waals surface area (Å²) in [5.74, 6) is 0.116. The van der Waals surface area contributed by atoms with Gasteiger partial charge in [-0.05, 0) is 38.0 Å². The maximum atomic E-state index is 12.6. The van der Waals surface area contributed by atoms with Crippen molar-refractivity contribution in [1.29, 1.82) is 0 Å². The topological polar surface area (TPSA) is 43.6 Å². The highest BCUT2D eigenvalue weighted by atomic mass is 35.5. The largest absolute Gasteiger partial charge is 0.380 e. The average Bonchev–Trinajstić information content (AvgIpc) is 2.92. The Morgan fingerprint density at radius 2 is 2.17 bits per heavy atom. The van der Waals surface area contributed by atoms with Crippen molar-refractivity contribution in [2.24, 2.45) is 10.9 Å². The molecule has 0 N–H and O–H groups in total. The quantitative estimate of drug-likeness (QED) is 0.736. The van der Waals surface area contributed by atoms with E-state index < -0.39 is 0 Å². The third-order valence-corrected chi connectivity index (χ3v) is 5.74. The number of hydrogen-bond donors (Lipinski definition) is 0. The molecule has 1 heterocycles. The number of carbonyl (C=O) groups excluding carboxylic acids is 1. The highest BCUT2D eigenvalue weighted by molar-refractivity contribution is 7.16. The highest BCUT2D eigenvalue weighted by Gasteiger charge is 2.21. The summed E-state index contributed by atoms with van der Waals surface area (Å²) >= 11 is 7.63. The van der Waals surface area contributed by atoms with Crippen LogP contribution in [-0.2, 0) is 16.1 Å². The van der Waals surface area contributed by atoms with E-state index in [2.05, 4.69) is 9.56 Å². The molecule has 0 spiro atoms. The van der Waals surface area contributed by atoms with Gasteiger partial charge in [0.15, 0.2) is 4.80 Å². The molecule has 0 aliphatic heterocycles. The number of halogens is 1. The average molecular weight is 367 g/mol. The van der Waals surface area contributed by atoms with Gasteiger partial charge in [0.05, 0.1) is 16.8 Å². The molecule has 0 saturated heterocycles. The monoisotopic (exact) mass is 366 g/mol. The Balaban J connectivity index is 1.96. The molecule has 1 saturated carbocycles. The molecule has 1 aliphatic carbocycles. The van der Waals surface area contributed by atoms with Crippen LogP contribution in [0, 0.1) is 5.92 Å². The first-order valence-electron chi connectivity index (χ1n) is 8.64. The molecule has 6 heteroatoms. The van der Waals surface area contributed by atoms with Crippen LogP contribution in [0.4, 0.5) is 0 Å². The van der Waals surface area contributed by atoms with Crippen LogP contribution >= 0.6 is 22.9 Å². The van der Waals surface area contributed by atoms with Gasteiger partial charge in [0.1, 0.15) is 0 Å². The van der Waals surface area contributed by atoms with Crippen LogP contribution in [0.25, 0.3) is 10.2 Å². The zero-order chi connectivity index (χ0) is 16.9. The van der Waals surface area contributed by atoms with Gasteiger partial charge in [-0.1, -0.05) is 42.2 Å². The smallest absolute Gasteiger partial charge is 0.251 e. The van der Waals surface area contributed by atoms with E-state index in [0.29, 0.717) is 24.8 Å². The lowest BCUT2D eigenvalue weighted by atomic mass is 9.89. The third-order valence-electron chi connectivity index (χ3n) is 4.47. The van der Waals surface area contributed by atoms with E-state index in [0.717, 1.165) is 40.7 Å². The molecule has 1 aliphatic rings. The minimum absolute atomic E-state index is 0.0255. The summed E-state index contributed by atoms with van der Waals surface area (Å²) in [6, 6.07) is 5.80. The molecule has 1 aromatic heterocycles. The summed E-state index contributed by atoms with van der Waals surface area (Å²) in [6.07, 6.45) is 5.45. The van der Waals surface area contributed by atoms with E-state index >= 15 is 0 Å². The predicted octanol–water partition coefficient (Wildman–Crippen LogP) is 4.40. The second-order valence-electron chi connectivity index (χ2n) is 6.13. The Kier molecular flexibility index (Phi) is 6.09. The van der Waals surface area contributed by atoms with Crippen molar-refractivity contribution < 1.29 is 9.53 Å². The number of hydrogen-bond acceptors (Lipinski definition) is 3. The van der Waals surface area contributed by atoms with Crippen molar-refractivity contribution in [3.8, 4) is 0 Å². The second kappa shape index (κ2) is 8.28. The minimum atomic E-state index is 0.0255. The van der Waals surface area contributed by atoms with Gasteiger partial charge in [-0.2, -0.15) is 4.99 Å². The molecule has 0 bridgehead atoms. The summed E-state index contributed by atoms with van der Waals surface area (Å²) in [4.78, 5) is 17.8. The zero-order valence-corrected chi connectivity index (χ0v) is 15.5. The third kappa shape index (κ3) is 4.08. The maximum absolute atomic E-state index is 12.6. The Morgan fingerprint density at radius 3 is 2.92 bits per heavy atom. The second-order valence-corrected chi connectivity index (χ2v) is 7.58. The SMILES string of the molecule is CCOCCn1c(=NC(=O)C2CCCCC2)sc2cc(Cl)ccc21. The van der Waals surface area contributed by atoms with Crippen molar-refractivity contribution in [2.45, 2.75) is 45.6 Å². The van der Waals surface area contributed by atoms with Crippen LogP contribution in [0.5, 0.6) is 0 Å². The van der Waals surface area contributed by atoms with E-state index in [1.165, 1.54) is 17.8 Å². The number of rotatable bonds is 5. The van der Waals surface area contributed by atoms with Crippen molar-refractivity contribution in [3.05, 3.63) is 28.0 Å². The van der Waals surface area contributed by atoms with Gasteiger partial charge in [0.2, 0.25) is 0 Å². The van der Waals surface area contributed by atoms with Gasteiger partial charge >= 0.3 is 0 Å². The standard InChI is InChI=1S/C18H23ClN2O2S/c1-2-23-11-10-21-15-9-8-14(19)12-16(15)24-18(21)20-17(22)13-6-4-3-5-7-13/h8-9,12-13H,2-7,10-11H2,1H3. The van der Waals surface area contributed by atoms with E-state index in [1.54, 1.807) is 0 Å². The van der Waals surface area contributed by atoms with Gasteiger partial charge in [-0.25, -0.2) is 0 Å². The summed E-state index contributed by atoms with van der Waals surface area (Å²) in [5.41, 5.74) is 1.05. The molecule has 1 fully saturated rings. The number of thiazole rings is 1. The van der Waals surface area contributed by atoms with Gasteiger partial charge < -0.3 is 9.30 Å². The van der Waals surface area contributed by atoms with E-state index in [4.69, 9.17) is 16.3 Å². The van der Waals surface area contributed by atoms with Crippen LogP contribution < -0.4 is 4.80 Å². The van der Waals surface area contributed by atoms with Crippen molar-refractivity contribution in [1.82, 2.24) is 4.57 Å². The maximum Gasteiger partial charge on any atom is 0.251 e. The molecule has 3 rings (SSSR count). The highest BCUT2D eigenvalue weighted by Crippen LogP contribution is 2.25. The molecule has 1 amide bonds. The Hall–Kier alpha value is -1.17. The van der Waals surface area contributed by atoms with Crippen molar-refractivity contribution >= 4 is 39.1 Å². The zero-order valence-electron chi connectivity index (χ0n) is 14.0. The van der Waals surface area contributed by atoms with Gasteiger partial charge in [-0.3, -0.25) is 4.79 Å². The van der Waals surface area contributed by atoms with Gasteiger partial charge in [0, 0.05) is 24.1 Å². The van der Waals surface area contributed by atoms with Crippen LogP contribution in [0.2, 0.25) is 5.02 Å². The molecule has 0 unspecified atom stereocenters. The molecule has 0 radical (unpaired) electrons. The first-order valence-corrected chi connectivity index (χ1v) is 9.83. The lowest BCUT2D eigenvalue weighted by Crippen LogP contribution is -2.23. The van der Waals surface area contributed by atoms with Crippen molar-refractivity contribution in [3.63, 3.8) is 0 Å². The fourth-order valence-corrected chi connectivity index (χ4v) is 4.52. The molecule has 0 atom stereocenters. The fourth-order valence-electron chi connectivity index (χ4n) is 3.18. The van der Waals surface area contributed by atoms with E-state index in [9.17, 15) is 4.79 Å². The van der Waals surface area contributed by atoms with Gasteiger partial charge in [0.25, 0.3) is 5.91 Å². The Morgan fingerprint density at radius 1 is 1.38 bits per heavy atom. The van der Waals surface area contributed by atoms with E-state index in [-0.39, 0.29) is 11.8 Å². The number of fused-ring (bicyclic) bond motifs is 1. The van der Waals surface area contributed by atoms with Crippen molar-refractivity contribution in [2.75, 3.05) is 13.2 Å². The van der Waals surface area contributed by atoms with Crippen LogP contribution in [0.1, 0.15) is 39.0 Å². The number of carbonyl (C=O) groups is 1. The molecule has 1 aromatic carbocycles. The number of benzene rings is 1. The number of amides is 1. The lowest BCUT2D eigenvalue weighted by molar-refractivity contribution is -0.122. The minimum Gasteiger partial charge on any atom is -0.380 e. The van der Waals surface area contributed by atoms with Crippen LogP contribution in [0.15, 0.2) is 23.2 Å². The Labute approximate surface area is 151 Å². The first kappa shape index (κ1) is 17.6. The number of nitrogens with zero attached hydrogens (tertiary/aromatic N) is 2. The summed E-state index contributed by atoms with van der Waals surface area (Å²) < 4.78 is 8.61. The normalized spacial score (nSPS) is 16.8. The molecule has 4 nitrogen and oxygen atoms in total. The first-order chi connectivity index (χ1) is 11.7. The molecular weight excluding hydrogens is 344 g/mol. The summed E-state index contributed by atoms with van der Waals surface area (Å²) in [7, 11) is 0. The summed E-state index contributed by atoms with van der Waals surface area (Å²) in [6.45, 7) is 3.96. The molecular formula is C18H23ClN2O2S. The van der Waals surface area contributed by atoms with E-state index in [1.807, 2.05) is 25.1 Å².